The van der Waals surface area contributed by atoms with Crippen molar-refractivity contribution in [3.63, 3.8) is 0 Å². The average Bonchev–Trinajstić information content (AvgIpc) is 2.14. The summed E-state index contributed by atoms with van der Waals surface area (Å²) in [5.74, 6) is 0. The van der Waals surface area contributed by atoms with Crippen LogP contribution < -0.4 is 21.2 Å². The molecule has 0 aliphatic carbocycles. The van der Waals surface area contributed by atoms with Crippen molar-refractivity contribution in [1.29, 1.82) is 0 Å². The molecule has 0 aromatic carbocycles. The van der Waals surface area contributed by atoms with Crippen molar-refractivity contribution >= 4 is 0 Å². The van der Waals surface area contributed by atoms with E-state index >= 15 is 0 Å². The summed E-state index contributed by atoms with van der Waals surface area (Å²) in [4.78, 5) is 9.09. The maximum atomic E-state index is 3.86. The van der Waals surface area contributed by atoms with Crippen LogP contribution in [0.1, 0.15) is 0 Å². The van der Waals surface area contributed by atoms with Gasteiger partial charge in [-0.2, -0.15) is 0 Å². The summed E-state index contributed by atoms with van der Waals surface area (Å²) in [6, 6.07) is 0. The van der Waals surface area contributed by atoms with E-state index in [9.17, 15) is 0 Å². The Hall–Kier alpha value is -0.0600. The third kappa shape index (κ3) is 1.15. The second-order valence-electron chi connectivity index (χ2n) is 1.09. The van der Waals surface area contributed by atoms with Crippen LogP contribution in [0.4, 0.5) is 0 Å². The average molecular weight is 209 g/mol. The topological polar surface area (TPSA) is 28.7 Å². The zero-order chi connectivity index (χ0) is 5.11. The van der Waals surface area contributed by atoms with Gasteiger partial charge in [-0.05, 0) is 0 Å². The van der Waals surface area contributed by atoms with Crippen LogP contribution in [-0.4, -0.2) is 14.9 Å². The van der Waals surface area contributed by atoms with E-state index in [-0.39, 0.29) is 21.2 Å². The second-order valence-corrected chi connectivity index (χ2v) is 3.33. The first-order valence-electron chi connectivity index (χ1n) is 1.91. The number of aromatic nitrogens is 2. The molecule has 1 rings (SSSR count). The summed E-state index contributed by atoms with van der Waals surface area (Å²) in [6.07, 6.45) is 3.60. The van der Waals surface area contributed by atoms with Gasteiger partial charge in [0.1, 0.15) is 0 Å². The van der Waals surface area contributed by atoms with Gasteiger partial charge in [-0.1, -0.05) is 0 Å². The Morgan fingerprint density at radius 1 is 1.86 bits per heavy atom. The fraction of sp³-hybridized carbons (Fsp3) is 0.250. The van der Waals surface area contributed by atoms with E-state index in [4.69, 9.17) is 0 Å². The molecule has 1 aromatic heterocycles. The third-order valence-electron chi connectivity index (χ3n) is 0.668. The monoisotopic (exact) mass is 209 g/mol. The summed E-state index contributed by atoms with van der Waals surface area (Å²) in [7, 11) is 0. The molecule has 0 aliphatic heterocycles. The number of nitrogens with one attached hydrogen (secondary N) is 1. The van der Waals surface area contributed by atoms with E-state index in [1.165, 1.54) is 3.70 Å². The minimum atomic E-state index is 0.229. The molecule has 0 unspecified atom stereocenters. The van der Waals surface area contributed by atoms with Gasteiger partial charge < -0.3 is 0 Å². The van der Waals surface area contributed by atoms with Crippen LogP contribution in [0.5, 0.6) is 0 Å². The first-order chi connectivity index (χ1) is 3.43. The molecule has 0 saturated carbocycles. The molecule has 0 bridgehead atoms. The van der Waals surface area contributed by atoms with Crippen LogP contribution in [0.3, 0.4) is 0 Å². The van der Waals surface area contributed by atoms with Crippen molar-refractivity contribution in [3.8, 4) is 0 Å². The standard InChI is InChI=1S/C4H6IN2/c1-5-4-2-6-3-7-4/h2-3H,1H3,(H,6,7)/q-1. The molecular formula is C4H6IN2-. The fourth-order valence-electron chi connectivity index (χ4n) is 0.342. The summed E-state index contributed by atoms with van der Waals surface area (Å²) < 4.78 is 1.30. The van der Waals surface area contributed by atoms with Gasteiger partial charge in [0.25, 0.3) is 0 Å². The molecule has 1 aromatic rings. The van der Waals surface area contributed by atoms with Crippen LogP contribution in [0.15, 0.2) is 12.5 Å². The SMILES string of the molecule is C[I-]c1cnc[nH]1. The Labute approximate surface area is 52.6 Å². The van der Waals surface area contributed by atoms with Crippen molar-refractivity contribution in [2.24, 2.45) is 0 Å². The number of aromatic amines is 1. The molecule has 1 N–H and O–H groups in total. The predicted molar refractivity (Wildman–Crippen MR) is 23.2 cm³/mol. The van der Waals surface area contributed by atoms with E-state index in [0.29, 0.717) is 0 Å². The van der Waals surface area contributed by atoms with Crippen LogP contribution >= 0.6 is 0 Å². The van der Waals surface area contributed by atoms with Gasteiger partial charge in [0.15, 0.2) is 0 Å². The van der Waals surface area contributed by atoms with Gasteiger partial charge >= 0.3 is 52.3 Å². The molecule has 0 atom stereocenters. The molecule has 0 spiro atoms. The first kappa shape index (κ1) is 5.08. The number of rotatable bonds is 1. The van der Waals surface area contributed by atoms with Crippen LogP contribution in [0.25, 0.3) is 0 Å². The molecule has 0 amide bonds. The number of H-pyrrole nitrogens is 1. The number of hydrogen-bond donors (Lipinski definition) is 1. The molecule has 2 nitrogen and oxygen atoms in total. The Balaban J connectivity index is 2.76. The maximum absolute atomic E-state index is 3.86. The number of hydrogen-bond acceptors (Lipinski definition) is 1. The second kappa shape index (κ2) is 2.30. The zero-order valence-electron chi connectivity index (χ0n) is 3.98. The molecule has 0 aliphatic rings. The number of alkyl halides is 1. The van der Waals surface area contributed by atoms with E-state index in [1.807, 2.05) is 6.20 Å². The fourth-order valence-corrected chi connectivity index (χ4v) is 1.23. The van der Waals surface area contributed by atoms with Gasteiger partial charge in [-0.15, -0.1) is 0 Å². The van der Waals surface area contributed by atoms with Crippen molar-refractivity contribution < 1.29 is 21.2 Å². The van der Waals surface area contributed by atoms with Crippen LogP contribution in [-0.2, 0) is 0 Å². The number of nitrogens with zero attached hydrogens (tertiary/aromatic N) is 1. The molecule has 7 heavy (non-hydrogen) atoms. The van der Waals surface area contributed by atoms with Crippen LogP contribution in [0, 0.1) is 3.70 Å². The van der Waals surface area contributed by atoms with Crippen LogP contribution in [0.2, 0.25) is 0 Å². The quantitative estimate of drug-likeness (QED) is 0.395. The molecular weight excluding hydrogens is 203 g/mol. The molecule has 40 valence electrons. The Kier molecular flexibility index (Phi) is 1.67. The molecule has 0 radical (unpaired) electrons. The predicted octanol–water partition coefficient (Wildman–Crippen LogP) is -2.70. The van der Waals surface area contributed by atoms with Gasteiger partial charge in [-0.3, -0.25) is 0 Å². The van der Waals surface area contributed by atoms with Gasteiger partial charge in [0.2, 0.25) is 0 Å². The molecule has 0 fully saturated rings. The normalized spacial score (nSPS) is 9.86. The van der Waals surface area contributed by atoms with Crippen molar-refractivity contribution in [2.75, 3.05) is 4.93 Å². The molecule has 0 saturated heterocycles. The van der Waals surface area contributed by atoms with Gasteiger partial charge in [0, 0.05) is 0 Å². The third-order valence-corrected chi connectivity index (χ3v) is 2.42. The van der Waals surface area contributed by atoms with Gasteiger partial charge in [0.05, 0.1) is 0 Å². The Morgan fingerprint density at radius 3 is 3.00 bits per heavy atom. The van der Waals surface area contributed by atoms with Crippen molar-refractivity contribution in [1.82, 2.24) is 9.97 Å². The number of imidazole rings is 1. The van der Waals surface area contributed by atoms with E-state index in [2.05, 4.69) is 14.9 Å². The van der Waals surface area contributed by atoms with Crippen molar-refractivity contribution in [3.05, 3.63) is 16.2 Å². The van der Waals surface area contributed by atoms with Gasteiger partial charge in [-0.25, -0.2) is 0 Å². The zero-order valence-corrected chi connectivity index (χ0v) is 6.14. The first-order valence-corrected chi connectivity index (χ1v) is 5.15. The van der Waals surface area contributed by atoms with E-state index in [0.717, 1.165) is 0 Å². The molecule has 3 heteroatoms. The Morgan fingerprint density at radius 2 is 2.71 bits per heavy atom. The van der Waals surface area contributed by atoms with E-state index < -0.39 is 0 Å². The number of halogens is 1. The van der Waals surface area contributed by atoms with E-state index in [1.54, 1.807) is 6.33 Å². The Bertz CT molecular complexity index is 124. The summed E-state index contributed by atoms with van der Waals surface area (Å²) >= 11 is 0.229. The molecule has 1 heterocycles. The minimum absolute atomic E-state index is 0.229. The summed E-state index contributed by atoms with van der Waals surface area (Å²) in [5.41, 5.74) is 0. The summed E-state index contributed by atoms with van der Waals surface area (Å²) in [6.45, 7) is 0. The summed E-state index contributed by atoms with van der Waals surface area (Å²) in [5, 5.41) is 0. The van der Waals surface area contributed by atoms with Crippen molar-refractivity contribution in [2.45, 2.75) is 0 Å².